The van der Waals surface area contributed by atoms with Gasteiger partial charge >= 0.3 is 5.97 Å². The van der Waals surface area contributed by atoms with Crippen LogP contribution in [-0.2, 0) is 19.4 Å². The lowest BCUT2D eigenvalue weighted by molar-refractivity contribution is -0.145. The minimum absolute atomic E-state index is 0.0174. The van der Waals surface area contributed by atoms with E-state index in [2.05, 4.69) is 0 Å². The Morgan fingerprint density at radius 2 is 2.21 bits per heavy atom. The SMILES string of the molecule is CCS(=O)(=O)[C@H]1C[C@@]1(COC)C(=O)O. The number of sulfone groups is 1. The van der Waals surface area contributed by atoms with E-state index in [-0.39, 0.29) is 18.8 Å². The molecular weight excluding hydrogens is 208 g/mol. The van der Waals surface area contributed by atoms with E-state index >= 15 is 0 Å². The number of rotatable bonds is 5. The molecule has 5 nitrogen and oxygen atoms in total. The highest BCUT2D eigenvalue weighted by atomic mass is 32.2. The Morgan fingerprint density at radius 1 is 1.64 bits per heavy atom. The highest BCUT2D eigenvalue weighted by Crippen LogP contribution is 2.51. The zero-order valence-electron chi connectivity index (χ0n) is 8.19. The third kappa shape index (κ3) is 1.64. The maximum Gasteiger partial charge on any atom is 0.313 e. The normalized spacial score (nSPS) is 31.4. The summed E-state index contributed by atoms with van der Waals surface area (Å²) in [4.78, 5) is 10.9. The fraction of sp³-hybridized carbons (Fsp3) is 0.875. The first kappa shape index (κ1) is 11.5. The van der Waals surface area contributed by atoms with Crippen LogP contribution in [0, 0.1) is 5.41 Å². The maximum absolute atomic E-state index is 11.4. The van der Waals surface area contributed by atoms with Crippen molar-refractivity contribution in [2.75, 3.05) is 19.5 Å². The Labute approximate surface area is 83.0 Å². The van der Waals surface area contributed by atoms with Crippen molar-refractivity contribution in [2.45, 2.75) is 18.6 Å². The van der Waals surface area contributed by atoms with Crippen LogP contribution >= 0.6 is 0 Å². The van der Waals surface area contributed by atoms with Crippen LogP contribution in [0.25, 0.3) is 0 Å². The number of carbonyl (C=O) groups is 1. The minimum atomic E-state index is -3.26. The molecule has 0 aromatic rings. The average molecular weight is 222 g/mol. The summed E-state index contributed by atoms with van der Waals surface area (Å²) in [5.74, 6) is -1.10. The molecule has 0 heterocycles. The second-order valence-corrected chi connectivity index (χ2v) is 6.01. The highest BCUT2D eigenvalue weighted by Gasteiger charge is 2.66. The molecule has 1 aliphatic rings. The molecular formula is C8H14O5S. The monoisotopic (exact) mass is 222 g/mol. The number of aliphatic carboxylic acids is 1. The van der Waals surface area contributed by atoms with Crippen LogP contribution in [0.3, 0.4) is 0 Å². The van der Waals surface area contributed by atoms with Gasteiger partial charge in [0.2, 0.25) is 0 Å². The lowest BCUT2D eigenvalue weighted by atomic mass is 10.1. The van der Waals surface area contributed by atoms with Gasteiger partial charge < -0.3 is 9.84 Å². The molecule has 0 aromatic carbocycles. The van der Waals surface area contributed by atoms with E-state index in [1.807, 2.05) is 0 Å². The lowest BCUT2D eigenvalue weighted by Gasteiger charge is -2.10. The number of methoxy groups -OCH3 is 1. The fourth-order valence-corrected chi connectivity index (χ4v) is 3.45. The van der Waals surface area contributed by atoms with Crippen LogP contribution in [-0.4, -0.2) is 44.2 Å². The van der Waals surface area contributed by atoms with E-state index < -0.39 is 26.5 Å². The first-order chi connectivity index (χ1) is 6.40. The van der Waals surface area contributed by atoms with Crippen LogP contribution in [0.5, 0.6) is 0 Å². The van der Waals surface area contributed by atoms with Gasteiger partial charge in [-0.2, -0.15) is 0 Å². The molecule has 6 heteroatoms. The summed E-state index contributed by atoms with van der Waals surface area (Å²) in [7, 11) is -1.89. The summed E-state index contributed by atoms with van der Waals surface area (Å²) in [6.45, 7) is 1.49. The van der Waals surface area contributed by atoms with Crippen molar-refractivity contribution in [1.82, 2.24) is 0 Å². The number of carboxylic acids is 1. The fourth-order valence-electron chi connectivity index (χ4n) is 1.64. The quantitative estimate of drug-likeness (QED) is 0.703. The van der Waals surface area contributed by atoms with Gasteiger partial charge in [0.15, 0.2) is 9.84 Å². The van der Waals surface area contributed by atoms with Crippen molar-refractivity contribution in [3.8, 4) is 0 Å². The topological polar surface area (TPSA) is 80.7 Å². The largest absolute Gasteiger partial charge is 0.481 e. The minimum Gasteiger partial charge on any atom is -0.481 e. The first-order valence-corrected chi connectivity index (χ1v) is 6.06. The van der Waals surface area contributed by atoms with Crippen molar-refractivity contribution in [3.63, 3.8) is 0 Å². The zero-order valence-corrected chi connectivity index (χ0v) is 9.00. The molecule has 0 unspecified atom stereocenters. The van der Waals surface area contributed by atoms with Gasteiger partial charge in [0, 0.05) is 12.9 Å². The Balaban J connectivity index is 2.86. The average Bonchev–Trinajstić information content (AvgIpc) is 2.82. The van der Waals surface area contributed by atoms with E-state index in [4.69, 9.17) is 9.84 Å². The predicted octanol–water partition coefficient (Wildman–Crippen LogP) is -0.0892. The van der Waals surface area contributed by atoms with E-state index in [0.717, 1.165) is 0 Å². The van der Waals surface area contributed by atoms with Gasteiger partial charge in [-0.25, -0.2) is 8.42 Å². The van der Waals surface area contributed by atoms with E-state index in [1.165, 1.54) is 14.0 Å². The van der Waals surface area contributed by atoms with Gasteiger partial charge in [-0.1, -0.05) is 6.92 Å². The Morgan fingerprint density at radius 3 is 2.57 bits per heavy atom. The molecule has 14 heavy (non-hydrogen) atoms. The third-order valence-electron chi connectivity index (χ3n) is 2.67. The lowest BCUT2D eigenvalue weighted by Crippen LogP contribution is -2.28. The van der Waals surface area contributed by atoms with Crippen molar-refractivity contribution in [2.24, 2.45) is 5.41 Å². The Hall–Kier alpha value is -0.620. The summed E-state index contributed by atoms with van der Waals surface area (Å²) in [6.07, 6.45) is 0.173. The molecule has 1 rings (SSSR count). The van der Waals surface area contributed by atoms with Gasteiger partial charge in [0.25, 0.3) is 0 Å². The molecule has 0 aromatic heterocycles. The van der Waals surface area contributed by atoms with Crippen LogP contribution in [0.1, 0.15) is 13.3 Å². The first-order valence-electron chi connectivity index (χ1n) is 4.34. The molecule has 0 aliphatic heterocycles. The molecule has 0 spiro atoms. The van der Waals surface area contributed by atoms with Gasteiger partial charge in [-0.15, -0.1) is 0 Å². The van der Waals surface area contributed by atoms with E-state index in [1.54, 1.807) is 0 Å². The second kappa shape index (κ2) is 3.51. The summed E-state index contributed by atoms with van der Waals surface area (Å²) < 4.78 is 27.6. The molecule has 1 fully saturated rings. The standard InChI is InChI=1S/C8H14O5S/c1-3-14(11,12)6-4-8(6,5-13-2)7(9)10/h6H,3-5H2,1-2H3,(H,9,10)/t6-,8-/m0/s1. The molecule has 0 saturated heterocycles. The Kier molecular flexibility index (Phi) is 2.87. The summed E-state index contributed by atoms with van der Waals surface area (Å²) in [6, 6.07) is 0. The van der Waals surface area contributed by atoms with Crippen molar-refractivity contribution < 1.29 is 23.1 Å². The molecule has 2 atom stereocenters. The second-order valence-electron chi connectivity index (χ2n) is 3.54. The molecule has 0 radical (unpaired) electrons. The Bertz CT molecular complexity index is 334. The highest BCUT2D eigenvalue weighted by molar-refractivity contribution is 7.92. The third-order valence-corrected chi connectivity index (χ3v) is 4.96. The van der Waals surface area contributed by atoms with Crippen molar-refractivity contribution in [3.05, 3.63) is 0 Å². The van der Waals surface area contributed by atoms with E-state index in [9.17, 15) is 13.2 Å². The predicted molar refractivity (Wildman–Crippen MR) is 49.8 cm³/mol. The molecule has 82 valence electrons. The molecule has 1 aliphatic carbocycles. The van der Waals surface area contributed by atoms with Crippen molar-refractivity contribution >= 4 is 15.8 Å². The van der Waals surface area contributed by atoms with Gasteiger partial charge in [-0.3, -0.25) is 4.79 Å². The molecule has 0 amide bonds. The van der Waals surface area contributed by atoms with Crippen LogP contribution in [0.15, 0.2) is 0 Å². The van der Waals surface area contributed by atoms with Crippen LogP contribution in [0.4, 0.5) is 0 Å². The van der Waals surface area contributed by atoms with Crippen LogP contribution in [0.2, 0.25) is 0 Å². The summed E-state index contributed by atoms with van der Waals surface area (Å²) in [5, 5.41) is 8.15. The maximum atomic E-state index is 11.4. The van der Waals surface area contributed by atoms with Gasteiger partial charge in [-0.05, 0) is 6.42 Å². The van der Waals surface area contributed by atoms with Gasteiger partial charge in [0.05, 0.1) is 11.9 Å². The zero-order chi connectivity index (χ0) is 11.0. The molecule has 1 saturated carbocycles. The van der Waals surface area contributed by atoms with Crippen molar-refractivity contribution in [1.29, 1.82) is 0 Å². The number of ether oxygens (including phenoxy) is 1. The number of hydrogen-bond donors (Lipinski definition) is 1. The molecule has 0 bridgehead atoms. The number of hydrogen-bond acceptors (Lipinski definition) is 4. The summed E-state index contributed by atoms with van der Waals surface area (Å²) in [5.41, 5.74) is -1.19. The van der Waals surface area contributed by atoms with Crippen LogP contribution < -0.4 is 0 Å². The number of carboxylic acid groups (broad SMARTS) is 1. The molecule has 1 N–H and O–H groups in total. The smallest absolute Gasteiger partial charge is 0.313 e. The van der Waals surface area contributed by atoms with Gasteiger partial charge in [0.1, 0.15) is 5.41 Å². The van der Waals surface area contributed by atoms with E-state index in [0.29, 0.717) is 0 Å². The summed E-state index contributed by atoms with van der Waals surface area (Å²) >= 11 is 0.